The van der Waals surface area contributed by atoms with Crippen molar-refractivity contribution < 1.29 is 75.8 Å². The summed E-state index contributed by atoms with van der Waals surface area (Å²) < 4.78 is 61.1. The number of allylic oxidation sites excluding steroid dienone is 32. The first-order chi connectivity index (χ1) is 50.2. The third-order valence-corrected chi connectivity index (χ3v) is 17.2. The van der Waals surface area contributed by atoms with E-state index >= 15 is 0 Å². The summed E-state index contributed by atoms with van der Waals surface area (Å²) in [7, 11) is -9.83. The number of carbonyl (C=O) groups is 3. The first kappa shape index (κ1) is 97.4. The molecule has 0 saturated heterocycles. The fourth-order valence-electron chi connectivity index (χ4n) is 9.51. The number of phosphoric acid groups is 2. The molecule has 0 aliphatic rings. The summed E-state index contributed by atoms with van der Waals surface area (Å²) in [6.07, 6.45) is 99.1. The second kappa shape index (κ2) is 76.1. The predicted molar refractivity (Wildman–Crippen MR) is 426 cm³/mol. The van der Waals surface area contributed by atoms with E-state index in [0.717, 1.165) is 173 Å². The lowest BCUT2D eigenvalue weighted by molar-refractivity contribution is -0.161. The van der Waals surface area contributed by atoms with Crippen LogP contribution >= 0.6 is 15.6 Å². The van der Waals surface area contributed by atoms with Crippen LogP contribution in [0.25, 0.3) is 0 Å². The number of hydrogen-bond acceptors (Lipinski definition) is 14. The van der Waals surface area contributed by atoms with Crippen molar-refractivity contribution in [3.63, 3.8) is 0 Å². The van der Waals surface area contributed by atoms with Crippen molar-refractivity contribution in [1.29, 1.82) is 0 Å². The van der Waals surface area contributed by atoms with Crippen molar-refractivity contribution in [2.45, 2.75) is 283 Å². The number of hydrogen-bond donors (Lipinski definition) is 4. The largest absolute Gasteiger partial charge is 0.472 e. The lowest BCUT2D eigenvalue weighted by Gasteiger charge is -2.21. The van der Waals surface area contributed by atoms with Gasteiger partial charge in [-0.3, -0.25) is 32.5 Å². The number of aliphatic hydroxyl groups is 2. The molecule has 0 rings (SSSR count). The topological polar surface area (TPSA) is 231 Å². The molecule has 0 aliphatic heterocycles. The standard InChI is InChI=1S/C85H136O16P2/c1-4-7-10-13-16-19-22-25-28-31-33-35-36-37-38-39-40-41-42-44-46-48-50-53-56-59-62-65-68-71-83(88)95-74-80(86)75-97-102(91,92)98-76-81(87)77-99-103(93,94)100-79-82(101-85(90)73-70-67-64-61-58-55-52-47-30-27-24-21-18-15-12-9-6-3)78-96-84(89)72-69-66-63-60-57-54-51-49-45-43-34-32-29-26-23-20-17-14-11-8-5-2/h7-12,16-21,25-30,33-35,37-38,40-41,43,49,51-52,55,57,60,80-82,86-87H,4-6,13-15,22-24,31-32,36,39,42,44-48,50,53-54,56,58-59,61-79H2,1-3H3,(H,91,92)(H,93,94)/b10-7-,11-8-,12-9-,19-16-,20-17-,21-18-,28-25-,29-26-,30-27-,35-33-,38-37-,41-40-,43-34-,51-49-,55-52-,60-57-. The normalized spacial score (nSPS) is 15.1. The quantitative estimate of drug-likeness (QED) is 0.0146. The van der Waals surface area contributed by atoms with Crippen LogP contribution in [-0.4, -0.2) is 95.9 Å². The molecule has 0 radical (unpaired) electrons. The molecule has 0 spiro atoms. The van der Waals surface area contributed by atoms with Crippen LogP contribution in [0.5, 0.6) is 0 Å². The van der Waals surface area contributed by atoms with Crippen LogP contribution in [-0.2, 0) is 55.8 Å². The van der Waals surface area contributed by atoms with Crippen molar-refractivity contribution in [3.05, 3.63) is 194 Å². The number of aliphatic hydroxyl groups excluding tert-OH is 2. The van der Waals surface area contributed by atoms with Crippen LogP contribution in [0.15, 0.2) is 194 Å². The van der Waals surface area contributed by atoms with E-state index in [-0.39, 0.29) is 19.3 Å². The molecule has 0 heterocycles. The molecule has 0 bridgehead atoms. The fourth-order valence-corrected chi connectivity index (χ4v) is 11.1. The predicted octanol–water partition coefficient (Wildman–Crippen LogP) is 22.8. The Morgan fingerprint density at radius 1 is 0.272 bits per heavy atom. The third-order valence-electron chi connectivity index (χ3n) is 15.3. The smallest absolute Gasteiger partial charge is 0.463 e. The SMILES string of the molecule is CC/C=C\C/C=C\C/C=C\C/C=C\C/C=C\C/C=C\CCCCCCCCCCCCC(=O)OCC(O)COP(=O)(O)OCC(O)COP(=O)(O)OCC(COC(=O)CCCC/C=C\C/C=C\C/C=C\C/C=C\C/C=C\C/C=C\CC)OC(=O)CCCCCC/C=C\C/C=C\C/C=C\C/C=C\CC. The molecule has 0 aromatic rings. The average Bonchev–Trinajstić information content (AvgIpc) is 0.914. The number of phosphoric ester groups is 2. The number of ether oxygens (including phenoxy) is 3. The zero-order valence-corrected chi connectivity index (χ0v) is 65.2. The van der Waals surface area contributed by atoms with Gasteiger partial charge in [-0.1, -0.05) is 279 Å². The number of carbonyl (C=O) groups excluding carboxylic acids is 3. The Labute approximate surface area is 623 Å². The highest BCUT2D eigenvalue weighted by atomic mass is 31.2. The van der Waals surface area contributed by atoms with Gasteiger partial charge in [0.05, 0.1) is 26.4 Å². The Hall–Kier alpha value is -5.61. The Morgan fingerprint density at radius 3 is 0.786 bits per heavy atom. The van der Waals surface area contributed by atoms with Gasteiger partial charge in [-0.2, -0.15) is 0 Å². The zero-order chi connectivity index (χ0) is 75.2. The lowest BCUT2D eigenvalue weighted by Crippen LogP contribution is -2.30. The summed E-state index contributed by atoms with van der Waals surface area (Å²) in [5.41, 5.74) is 0. The maximum atomic E-state index is 13.0. The molecule has 0 saturated carbocycles. The molecule has 16 nitrogen and oxygen atoms in total. The molecule has 0 aromatic carbocycles. The van der Waals surface area contributed by atoms with E-state index in [9.17, 15) is 43.5 Å². The average molecular weight is 1480 g/mol. The van der Waals surface area contributed by atoms with Crippen LogP contribution in [0.2, 0.25) is 0 Å². The molecule has 582 valence electrons. The molecule has 0 fully saturated rings. The van der Waals surface area contributed by atoms with Gasteiger partial charge in [0.25, 0.3) is 0 Å². The van der Waals surface area contributed by atoms with Crippen molar-refractivity contribution >= 4 is 33.6 Å². The van der Waals surface area contributed by atoms with Crippen LogP contribution in [0.3, 0.4) is 0 Å². The molecule has 4 N–H and O–H groups in total. The minimum absolute atomic E-state index is 0.0587. The van der Waals surface area contributed by atoms with Gasteiger partial charge in [0.2, 0.25) is 0 Å². The molecular weight excluding hydrogens is 1340 g/mol. The van der Waals surface area contributed by atoms with Gasteiger partial charge in [0, 0.05) is 19.3 Å². The molecule has 0 aliphatic carbocycles. The van der Waals surface area contributed by atoms with Gasteiger partial charge >= 0.3 is 33.6 Å². The third kappa shape index (κ3) is 77.3. The van der Waals surface area contributed by atoms with E-state index in [1.165, 1.54) is 32.1 Å². The summed E-state index contributed by atoms with van der Waals surface area (Å²) in [6.45, 7) is 2.22. The van der Waals surface area contributed by atoms with Crippen molar-refractivity contribution in [1.82, 2.24) is 0 Å². The van der Waals surface area contributed by atoms with Crippen LogP contribution in [0, 0.1) is 0 Å². The monoisotopic (exact) mass is 1470 g/mol. The van der Waals surface area contributed by atoms with Gasteiger partial charge in [0.15, 0.2) is 6.10 Å². The Bertz CT molecular complexity index is 2650. The maximum Gasteiger partial charge on any atom is 0.472 e. The number of rotatable bonds is 71. The molecule has 18 heteroatoms. The van der Waals surface area contributed by atoms with Gasteiger partial charge in [-0.05, 0) is 161 Å². The highest BCUT2D eigenvalue weighted by Gasteiger charge is 2.29. The first-order valence-corrected chi connectivity index (χ1v) is 41.7. The van der Waals surface area contributed by atoms with Crippen molar-refractivity contribution in [3.8, 4) is 0 Å². The summed E-state index contributed by atoms with van der Waals surface area (Å²) >= 11 is 0. The summed E-state index contributed by atoms with van der Waals surface area (Å²) in [5, 5.41) is 20.6. The van der Waals surface area contributed by atoms with Crippen molar-refractivity contribution in [2.24, 2.45) is 0 Å². The van der Waals surface area contributed by atoms with Gasteiger partial charge in [-0.15, -0.1) is 0 Å². The van der Waals surface area contributed by atoms with Crippen molar-refractivity contribution in [2.75, 3.05) is 39.6 Å². The van der Waals surface area contributed by atoms with Crippen LogP contribution in [0.1, 0.15) is 265 Å². The summed E-state index contributed by atoms with van der Waals surface area (Å²) in [4.78, 5) is 58.6. The minimum Gasteiger partial charge on any atom is -0.463 e. The van der Waals surface area contributed by atoms with Gasteiger partial charge in [0.1, 0.15) is 25.4 Å². The van der Waals surface area contributed by atoms with Gasteiger partial charge in [-0.25, -0.2) is 9.13 Å². The Balaban J connectivity index is 4.66. The van der Waals surface area contributed by atoms with E-state index in [1.807, 2.05) is 0 Å². The summed E-state index contributed by atoms with van der Waals surface area (Å²) in [5.74, 6) is -1.67. The molecule has 0 amide bonds. The second-order valence-corrected chi connectivity index (χ2v) is 27.9. The molecule has 5 atom stereocenters. The van der Waals surface area contributed by atoms with E-state index < -0.39 is 91.5 Å². The summed E-state index contributed by atoms with van der Waals surface area (Å²) in [6, 6.07) is 0. The van der Waals surface area contributed by atoms with Crippen LogP contribution in [0.4, 0.5) is 0 Å². The first-order valence-electron chi connectivity index (χ1n) is 38.7. The van der Waals surface area contributed by atoms with Crippen LogP contribution < -0.4 is 0 Å². The Kier molecular flexibility index (Phi) is 71.9. The second-order valence-electron chi connectivity index (χ2n) is 25.0. The number of esters is 3. The zero-order valence-electron chi connectivity index (χ0n) is 63.4. The van der Waals surface area contributed by atoms with E-state index in [4.69, 9.17) is 32.3 Å². The van der Waals surface area contributed by atoms with Gasteiger partial charge < -0.3 is 34.2 Å². The van der Waals surface area contributed by atoms with E-state index in [0.29, 0.717) is 19.3 Å². The van der Waals surface area contributed by atoms with E-state index in [1.54, 1.807) is 0 Å². The highest BCUT2D eigenvalue weighted by Crippen LogP contribution is 2.45. The van der Waals surface area contributed by atoms with E-state index in [2.05, 4.69) is 215 Å². The molecular formula is C85H136O16P2. The molecule has 103 heavy (non-hydrogen) atoms. The minimum atomic E-state index is -4.96. The Morgan fingerprint density at radius 2 is 0.485 bits per heavy atom. The highest BCUT2D eigenvalue weighted by molar-refractivity contribution is 7.47. The maximum absolute atomic E-state index is 13.0. The fraction of sp³-hybridized carbons (Fsp3) is 0.588. The molecule has 0 aromatic heterocycles. The molecule has 5 unspecified atom stereocenters. The lowest BCUT2D eigenvalue weighted by atomic mass is 10.1. The number of unbranched alkanes of at least 4 members (excludes halogenated alkanes) is 16.